The molecular formula is C23H30N3O5S+. The minimum absolute atomic E-state index is 0.114. The van der Waals surface area contributed by atoms with Crippen LogP contribution in [0.15, 0.2) is 47.4 Å². The fourth-order valence-electron chi connectivity index (χ4n) is 3.95. The summed E-state index contributed by atoms with van der Waals surface area (Å²) in [7, 11) is -3.52. The monoisotopic (exact) mass is 460 g/mol. The minimum Gasteiger partial charge on any atom is -0.486 e. The van der Waals surface area contributed by atoms with Crippen molar-refractivity contribution in [2.24, 2.45) is 0 Å². The smallest absolute Gasteiger partial charge is 0.279 e. The highest BCUT2D eigenvalue weighted by atomic mass is 32.2. The van der Waals surface area contributed by atoms with Gasteiger partial charge in [-0.1, -0.05) is 26.0 Å². The first-order valence-corrected chi connectivity index (χ1v) is 12.4. The van der Waals surface area contributed by atoms with Crippen molar-refractivity contribution in [3.63, 3.8) is 0 Å². The predicted octanol–water partition coefficient (Wildman–Crippen LogP) is 1.11. The van der Waals surface area contributed by atoms with E-state index in [4.69, 9.17) is 9.47 Å². The lowest BCUT2D eigenvalue weighted by molar-refractivity contribution is -0.895. The largest absolute Gasteiger partial charge is 0.486 e. The van der Waals surface area contributed by atoms with Crippen molar-refractivity contribution < 1.29 is 27.6 Å². The molecule has 0 aromatic heterocycles. The first-order chi connectivity index (χ1) is 15.3. The molecule has 4 rings (SSSR count). The number of anilines is 1. The third-order valence-corrected chi connectivity index (χ3v) is 7.76. The van der Waals surface area contributed by atoms with Gasteiger partial charge in [-0.15, -0.1) is 0 Å². The molecule has 2 aromatic carbocycles. The van der Waals surface area contributed by atoms with Crippen molar-refractivity contribution in [3.05, 3.63) is 48.0 Å². The van der Waals surface area contributed by atoms with Crippen LogP contribution in [0.3, 0.4) is 0 Å². The predicted molar refractivity (Wildman–Crippen MR) is 121 cm³/mol. The van der Waals surface area contributed by atoms with Gasteiger partial charge < -0.3 is 19.7 Å². The summed E-state index contributed by atoms with van der Waals surface area (Å²) >= 11 is 0. The number of benzene rings is 2. The molecule has 0 unspecified atom stereocenters. The van der Waals surface area contributed by atoms with Gasteiger partial charge in [0.05, 0.1) is 31.1 Å². The van der Waals surface area contributed by atoms with Crippen LogP contribution in [0.5, 0.6) is 11.5 Å². The summed E-state index contributed by atoms with van der Waals surface area (Å²) < 4.78 is 38.5. The van der Waals surface area contributed by atoms with Crippen molar-refractivity contribution in [1.29, 1.82) is 0 Å². The second-order valence-electron chi connectivity index (χ2n) is 8.46. The molecule has 2 heterocycles. The van der Waals surface area contributed by atoms with Gasteiger partial charge in [-0.25, -0.2) is 8.42 Å². The van der Waals surface area contributed by atoms with Crippen LogP contribution in [0.1, 0.15) is 25.3 Å². The summed E-state index contributed by atoms with van der Waals surface area (Å²) in [5.41, 5.74) is 1.77. The van der Waals surface area contributed by atoms with Gasteiger partial charge >= 0.3 is 0 Å². The number of sulfonamides is 1. The van der Waals surface area contributed by atoms with Gasteiger partial charge in [0, 0.05) is 11.8 Å². The van der Waals surface area contributed by atoms with Crippen molar-refractivity contribution in [2.75, 3.05) is 51.3 Å². The summed E-state index contributed by atoms with van der Waals surface area (Å²) in [6, 6.07) is 12.5. The molecule has 1 saturated heterocycles. The van der Waals surface area contributed by atoms with Gasteiger partial charge in [0.25, 0.3) is 5.91 Å². The summed E-state index contributed by atoms with van der Waals surface area (Å²) in [5, 5.41) is 2.89. The lowest BCUT2D eigenvalue weighted by Gasteiger charge is -2.31. The van der Waals surface area contributed by atoms with Crippen LogP contribution in [0.25, 0.3) is 0 Å². The molecule has 0 aliphatic carbocycles. The number of nitrogens with one attached hydrogen (secondary N) is 2. The van der Waals surface area contributed by atoms with E-state index in [2.05, 4.69) is 19.2 Å². The zero-order valence-electron chi connectivity index (χ0n) is 18.5. The number of hydrogen-bond acceptors (Lipinski definition) is 5. The molecule has 0 radical (unpaired) electrons. The molecule has 2 N–H and O–H groups in total. The van der Waals surface area contributed by atoms with Crippen LogP contribution in [0.2, 0.25) is 0 Å². The van der Waals surface area contributed by atoms with E-state index >= 15 is 0 Å². The Bertz CT molecular complexity index is 1060. The summed E-state index contributed by atoms with van der Waals surface area (Å²) in [6.45, 7) is 7.39. The van der Waals surface area contributed by atoms with E-state index < -0.39 is 10.0 Å². The molecule has 0 atom stereocenters. The third-order valence-electron chi connectivity index (χ3n) is 5.85. The fraction of sp³-hybridized carbons (Fsp3) is 0.435. The molecule has 0 spiro atoms. The summed E-state index contributed by atoms with van der Waals surface area (Å²) in [5.74, 6) is 1.54. The van der Waals surface area contributed by atoms with Gasteiger partial charge in [0.1, 0.15) is 13.2 Å². The van der Waals surface area contributed by atoms with E-state index in [0.717, 1.165) is 10.5 Å². The standard InChI is InChI=1S/C23H29N3O5S/c1-17(2)18-3-6-20(7-4-18)32(28,29)26-11-9-25(10-12-26)16-23(27)24-19-5-8-21-22(15-19)31-14-13-30-21/h3-8,15,17H,9-14,16H2,1-2H3,(H,24,27)/p+1. The van der Waals surface area contributed by atoms with E-state index in [0.29, 0.717) is 67.4 Å². The zero-order valence-corrected chi connectivity index (χ0v) is 19.3. The Kier molecular flexibility index (Phi) is 6.68. The highest BCUT2D eigenvalue weighted by Gasteiger charge is 2.31. The maximum atomic E-state index is 13.0. The number of amides is 1. The SMILES string of the molecule is CC(C)c1ccc(S(=O)(=O)N2CC[NH+](CC(=O)Nc3ccc4c(c3)OCCO4)CC2)cc1. The number of ether oxygens (including phenoxy) is 2. The molecule has 2 aliphatic heterocycles. The van der Waals surface area contributed by atoms with Crippen LogP contribution >= 0.6 is 0 Å². The third kappa shape index (κ3) is 5.06. The van der Waals surface area contributed by atoms with Gasteiger partial charge in [-0.05, 0) is 35.7 Å². The van der Waals surface area contributed by atoms with Crippen LogP contribution < -0.4 is 19.7 Å². The molecule has 0 bridgehead atoms. The lowest BCUT2D eigenvalue weighted by atomic mass is 10.0. The van der Waals surface area contributed by atoms with Gasteiger partial charge in [0.2, 0.25) is 10.0 Å². The zero-order chi connectivity index (χ0) is 22.7. The number of piperazine rings is 1. The number of carbonyl (C=O) groups is 1. The van der Waals surface area contributed by atoms with Crippen LogP contribution in [-0.2, 0) is 14.8 Å². The Morgan fingerprint density at radius 3 is 2.34 bits per heavy atom. The van der Waals surface area contributed by atoms with Gasteiger partial charge in [-0.2, -0.15) is 4.31 Å². The molecule has 1 fully saturated rings. The number of nitrogens with zero attached hydrogens (tertiary/aromatic N) is 1. The second kappa shape index (κ2) is 9.48. The maximum absolute atomic E-state index is 13.0. The molecule has 2 aliphatic rings. The van der Waals surface area contributed by atoms with E-state index in [1.807, 2.05) is 12.1 Å². The van der Waals surface area contributed by atoms with Gasteiger partial charge in [-0.3, -0.25) is 4.79 Å². The van der Waals surface area contributed by atoms with Crippen molar-refractivity contribution in [2.45, 2.75) is 24.7 Å². The number of hydrogen-bond donors (Lipinski definition) is 2. The quantitative estimate of drug-likeness (QED) is 0.674. The van der Waals surface area contributed by atoms with Crippen LogP contribution in [0, 0.1) is 0 Å². The lowest BCUT2D eigenvalue weighted by Crippen LogP contribution is -3.15. The molecule has 172 valence electrons. The highest BCUT2D eigenvalue weighted by Crippen LogP contribution is 2.32. The Morgan fingerprint density at radius 1 is 1.03 bits per heavy atom. The van der Waals surface area contributed by atoms with Crippen molar-refractivity contribution in [3.8, 4) is 11.5 Å². The first-order valence-electron chi connectivity index (χ1n) is 11.0. The summed E-state index contributed by atoms with van der Waals surface area (Å²) in [4.78, 5) is 13.9. The number of carbonyl (C=O) groups excluding carboxylic acids is 1. The Labute approximate surface area is 189 Å². The fourth-order valence-corrected chi connectivity index (χ4v) is 5.39. The molecule has 0 saturated carbocycles. The molecule has 9 heteroatoms. The molecule has 2 aromatic rings. The molecule has 1 amide bonds. The molecule has 8 nitrogen and oxygen atoms in total. The van der Waals surface area contributed by atoms with Crippen molar-refractivity contribution >= 4 is 21.6 Å². The van der Waals surface area contributed by atoms with Crippen molar-refractivity contribution in [1.82, 2.24) is 4.31 Å². The Balaban J connectivity index is 1.30. The normalized spacial score (nSPS) is 17.3. The van der Waals surface area contributed by atoms with Gasteiger partial charge in [0.15, 0.2) is 18.0 Å². The Hall–Kier alpha value is -2.62. The van der Waals surface area contributed by atoms with Crippen LogP contribution in [-0.4, -0.2) is 64.6 Å². The summed E-state index contributed by atoms with van der Waals surface area (Å²) in [6.07, 6.45) is 0. The van der Waals surface area contributed by atoms with E-state index in [9.17, 15) is 13.2 Å². The topological polar surface area (TPSA) is 89.4 Å². The average Bonchev–Trinajstić information content (AvgIpc) is 2.79. The number of rotatable bonds is 6. The maximum Gasteiger partial charge on any atom is 0.279 e. The van der Waals surface area contributed by atoms with Crippen LogP contribution in [0.4, 0.5) is 5.69 Å². The van der Waals surface area contributed by atoms with E-state index in [1.54, 1.807) is 30.3 Å². The minimum atomic E-state index is -3.52. The number of quaternary nitrogens is 1. The average molecular weight is 461 g/mol. The highest BCUT2D eigenvalue weighted by molar-refractivity contribution is 7.89. The first kappa shape index (κ1) is 22.6. The second-order valence-corrected chi connectivity index (χ2v) is 10.4. The van der Waals surface area contributed by atoms with E-state index in [1.165, 1.54) is 4.31 Å². The number of fused-ring (bicyclic) bond motifs is 1. The Morgan fingerprint density at radius 2 is 1.69 bits per heavy atom. The van der Waals surface area contributed by atoms with E-state index in [-0.39, 0.29) is 12.5 Å². The molecular weight excluding hydrogens is 430 g/mol. The molecule has 32 heavy (non-hydrogen) atoms.